The summed E-state index contributed by atoms with van der Waals surface area (Å²) in [6.07, 6.45) is 4.63. The van der Waals surface area contributed by atoms with Crippen molar-refractivity contribution >= 4 is 34.3 Å². The highest BCUT2D eigenvalue weighted by Crippen LogP contribution is 2.61. The second-order valence-electron chi connectivity index (χ2n) is 14.7. The van der Waals surface area contributed by atoms with Gasteiger partial charge in [0.25, 0.3) is 0 Å². The van der Waals surface area contributed by atoms with Crippen LogP contribution in [-0.2, 0) is 23.1 Å². The summed E-state index contributed by atoms with van der Waals surface area (Å²) in [6.45, 7) is 4.05. The highest BCUT2D eigenvalue weighted by Gasteiger charge is 2.61. The molecule has 4 aliphatic heterocycles. The zero-order valence-corrected chi connectivity index (χ0v) is 29.2. The van der Waals surface area contributed by atoms with Gasteiger partial charge in [0.2, 0.25) is 17.7 Å². The van der Waals surface area contributed by atoms with Crippen molar-refractivity contribution in [2.45, 2.75) is 50.8 Å². The molecule has 10 bridgehead atoms. The first-order valence-corrected chi connectivity index (χ1v) is 18.6. The average molecular weight is 705 g/mol. The fourth-order valence-corrected chi connectivity index (χ4v) is 9.66. The standard InChI is InChI=1S/C42H32N4O5S/c1-20(2)34-40-45-36-37(51-40)42-27-9-4-8-25(24-7-3-6-22-12-13-26(33(22)24)31-19-43-39(36)49-31)35(27)46-41(42)50-30-14-11-21(17-28(30)42)16-23(38(48)44-34)18-29(47)32-10-5-15-52-32/h3-11,13-15,17,19-20,23,34,41,46H,12,16,18H2,1-2H3,(H,44,48)/t23?,34-,41-,42?/m0/s1. The maximum atomic E-state index is 14.3. The van der Waals surface area contributed by atoms with Crippen LogP contribution in [0.3, 0.4) is 0 Å². The Morgan fingerprint density at radius 1 is 1.02 bits per heavy atom. The molecular formula is C42H32N4O5S. The molecule has 0 fully saturated rings. The molecule has 3 aromatic carbocycles. The van der Waals surface area contributed by atoms with E-state index in [1.165, 1.54) is 16.9 Å². The van der Waals surface area contributed by atoms with Gasteiger partial charge in [-0.3, -0.25) is 9.59 Å². The molecule has 2 N–H and O–H groups in total. The molecule has 9 nitrogen and oxygen atoms in total. The van der Waals surface area contributed by atoms with Crippen LogP contribution >= 0.6 is 11.3 Å². The van der Waals surface area contributed by atoms with Gasteiger partial charge in [-0.1, -0.05) is 74.5 Å². The molecule has 4 atom stereocenters. The molecule has 256 valence electrons. The number of nitrogens with one attached hydrogen (secondary N) is 2. The number of thiophene rings is 1. The number of allylic oxidation sites excluding steroid dienone is 1. The molecule has 11 rings (SSSR count). The van der Waals surface area contributed by atoms with Crippen molar-refractivity contribution in [2.24, 2.45) is 11.8 Å². The third-order valence-electron chi connectivity index (χ3n) is 11.4. The Bertz CT molecular complexity index is 2540. The minimum atomic E-state index is -0.991. The summed E-state index contributed by atoms with van der Waals surface area (Å²) in [7, 11) is 0. The summed E-state index contributed by atoms with van der Waals surface area (Å²) >= 11 is 1.39. The molecule has 3 aromatic heterocycles. The number of para-hydroxylation sites is 1. The Morgan fingerprint density at radius 3 is 2.77 bits per heavy atom. The summed E-state index contributed by atoms with van der Waals surface area (Å²) in [6, 6.07) is 22.0. The number of benzene rings is 3. The Kier molecular flexibility index (Phi) is 6.13. The van der Waals surface area contributed by atoms with Gasteiger partial charge in [-0.05, 0) is 58.5 Å². The van der Waals surface area contributed by atoms with Crippen LogP contribution in [0.5, 0.6) is 5.75 Å². The molecule has 6 aromatic rings. The second-order valence-corrected chi connectivity index (χ2v) is 15.6. The Labute approximate surface area is 302 Å². The quantitative estimate of drug-likeness (QED) is 0.177. The van der Waals surface area contributed by atoms with Crippen LogP contribution in [0, 0.1) is 11.8 Å². The Hall–Kier alpha value is -5.74. The lowest BCUT2D eigenvalue weighted by Gasteiger charge is -2.28. The van der Waals surface area contributed by atoms with E-state index >= 15 is 0 Å². The topological polar surface area (TPSA) is 119 Å². The maximum Gasteiger partial charge on any atom is 0.249 e. The highest BCUT2D eigenvalue weighted by molar-refractivity contribution is 7.12. The molecule has 5 aliphatic rings. The summed E-state index contributed by atoms with van der Waals surface area (Å²) in [5.41, 5.74) is 8.76. The number of oxazole rings is 2. The van der Waals surface area contributed by atoms with Gasteiger partial charge < -0.3 is 24.2 Å². The maximum absolute atomic E-state index is 14.3. The lowest BCUT2D eigenvalue weighted by Crippen LogP contribution is -2.40. The van der Waals surface area contributed by atoms with Gasteiger partial charge in [0, 0.05) is 40.3 Å². The first-order chi connectivity index (χ1) is 25.4. The molecule has 2 unspecified atom stereocenters. The van der Waals surface area contributed by atoms with Gasteiger partial charge in [0.15, 0.2) is 29.2 Å². The fourth-order valence-electron chi connectivity index (χ4n) is 8.98. The van der Waals surface area contributed by atoms with Crippen LogP contribution in [0.25, 0.3) is 28.3 Å². The first kappa shape index (κ1) is 29.9. The largest absolute Gasteiger partial charge is 0.469 e. The van der Waals surface area contributed by atoms with Crippen LogP contribution in [0.15, 0.2) is 93.2 Å². The van der Waals surface area contributed by atoms with E-state index in [4.69, 9.17) is 23.5 Å². The zero-order chi connectivity index (χ0) is 34.9. The zero-order valence-electron chi connectivity index (χ0n) is 28.4. The molecule has 0 saturated heterocycles. The molecular weight excluding hydrogens is 673 g/mol. The average Bonchev–Trinajstić information content (AvgIpc) is 3.99. The predicted octanol–water partition coefficient (Wildman–Crippen LogP) is 8.10. The number of carbonyl (C=O) groups is 2. The van der Waals surface area contributed by atoms with E-state index in [1.54, 1.807) is 6.20 Å². The summed E-state index contributed by atoms with van der Waals surface area (Å²) in [5.74, 6) is 1.59. The van der Waals surface area contributed by atoms with Crippen molar-refractivity contribution in [3.8, 4) is 28.5 Å². The van der Waals surface area contributed by atoms with Gasteiger partial charge in [0.1, 0.15) is 17.2 Å². The Morgan fingerprint density at radius 2 is 1.90 bits per heavy atom. The van der Waals surface area contributed by atoms with Crippen LogP contribution in [-0.4, -0.2) is 27.9 Å². The molecule has 0 radical (unpaired) electrons. The van der Waals surface area contributed by atoms with E-state index in [9.17, 15) is 9.59 Å². The molecule has 1 spiro atoms. The monoisotopic (exact) mass is 704 g/mol. The van der Waals surface area contributed by atoms with E-state index in [0.29, 0.717) is 46.0 Å². The van der Waals surface area contributed by atoms with Gasteiger partial charge >= 0.3 is 0 Å². The van der Waals surface area contributed by atoms with Crippen molar-refractivity contribution < 1.29 is 23.2 Å². The lowest BCUT2D eigenvalue weighted by molar-refractivity contribution is -0.126. The third kappa shape index (κ3) is 3.98. The minimum Gasteiger partial charge on any atom is -0.469 e. The number of nitrogens with zero attached hydrogens (tertiary/aromatic N) is 2. The van der Waals surface area contributed by atoms with Crippen molar-refractivity contribution in [3.05, 3.63) is 134 Å². The molecule has 7 heterocycles. The van der Waals surface area contributed by atoms with E-state index in [2.05, 4.69) is 59.2 Å². The molecule has 52 heavy (non-hydrogen) atoms. The molecule has 1 amide bonds. The number of ether oxygens (including phenoxy) is 1. The van der Waals surface area contributed by atoms with Crippen LogP contribution in [0.2, 0.25) is 0 Å². The number of fused-ring (bicyclic) bond motifs is 7. The number of amides is 1. The number of rotatable bonds is 4. The van der Waals surface area contributed by atoms with Gasteiger partial charge in [0.05, 0.1) is 11.1 Å². The van der Waals surface area contributed by atoms with E-state index in [-0.39, 0.29) is 24.0 Å². The van der Waals surface area contributed by atoms with Crippen LogP contribution in [0.1, 0.15) is 81.2 Å². The number of hydrogen-bond acceptors (Lipinski definition) is 9. The van der Waals surface area contributed by atoms with Gasteiger partial charge in [-0.25, -0.2) is 9.97 Å². The number of Topliss-reactive ketones (excluding diaryl/α,β-unsaturated/α-hetero) is 1. The van der Waals surface area contributed by atoms with Crippen molar-refractivity contribution in [1.82, 2.24) is 15.3 Å². The highest BCUT2D eigenvalue weighted by atomic mass is 32.1. The predicted molar refractivity (Wildman–Crippen MR) is 195 cm³/mol. The van der Waals surface area contributed by atoms with Crippen LogP contribution < -0.4 is 15.4 Å². The lowest BCUT2D eigenvalue weighted by atomic mass is 9.72. The third-order valence-corrected chi connectivity index (χ3v) is 12.3. The van der Waals surface area contributed by atoms with Crippen molar-refractivity contribution in [3.63, 3.8) is 0 Å². The van der Waals surface area contributed by atoms with Crippen LogP contribution in [0.4, 0.5) is 5.69 Å². The SMILES string of the molecule is CC(C)[C@@H]1NC(=O)C(CC(=O)c2cccs2)Cc2ccc3c(c2)C24c5cccc(c5N[C@H]2O3)-c2cccc3c2C(=CC3)c2cnc(o2)-c2nc1oc24. The van der Waals surface area contributed by atoms with Gasteiger partial charge in [-0.2, -0.15) is 0 Å². The molecule has 0 saturated carbocycles. The van der Waals surface area contributed by atoms with Crippen molar-refractivity contribution in [2.75, 3.05) is 5.32 Å². The van der Waals surface area contributed by atoms with E-state index < -0.39 is 23.6 Å². The summed E-state index contributed by atoms with van der Waals surface area (Å²) in [4.78, 5) is 38.4. The Balaban J connectivity index is 1.20. The number of ketones is 1. The fraction of sp³-hybridized carbons (Fsp3) is 0.238. The minimum absolute atomic E-state index is 0.0539. The number of aromatic nitrogens is 2. The number of anilines is 1. The number of carbonyl (C=O) groups excluding carboxylic acids is 2. The summed E-state index contributed by atoms with van der Waals surface area (Å²) < 4.78 is 20.6. The van der Waals surface area contributed by atoms with E-state index in [1.807, 2.05) is 43.5 Å². The molecule has 1 aliphatic carbocycles. The normalized spacial score (nSPS) is 22.7. The second kappa shape index (κ2) is 10.6. The first-order valence-electron chi connectivity index (χ1n) is 17.8. The molecule has 10 heteroatoms. The van der Waals surface area contributed by atoms with Crippen molar-refractivity contribution in [1.29, 1.82) is 0 Å². The summed E-state index contributed by atoms with van der Waals surface area (Å²) in [5, 5.41) is 8.96. The smallest absolute Gasteiger partial charge is 0.249 e. The van der Waals surface area contributed by atoms with Gasteiger partial charge in [-0.15, -0.1) is 11.3 Å². The van der Waals surface area contributed by atoms with E-state index in [0.717, 1.165) is 51.1 Å². The number of hydrogen-bond donors (Lipinski definition) is 2.